The molecule has 0 saturated heterocycles. The summed E-state index contributed by atoms with van der Waals surface area (Å²) in [7, 11) is 2.02. The number of carbonyl (C=O) groups is 2. The molecular formula is C42H54N2O3. The van der Waals surface area contributed by atoms with Crippen molar-refractivity contribution >= 4 is 17.4 Å². The molecule has 4 rings (SSSR count). The third kappa shape index (κ3) is 11.0. The lowest BCUT2D eigenvalue weighted by Crippen LogP contribution is -2.16. The zero-order chi connectivity index (χ0) is 33.6. The number of aryl methyl sites for hydroxylation is 5. The molecule has 0 amide bonds. The van der Waals surface area contributed by atoms with Crippen LogP contribution in [-0.2, 0) is 42.3 Å². The van der Waals surface area contributed by atoms with Gasteiger partial charge in [-0.3, -0.25) is 9.59 Å². The van der Waals surface area contributed by atoms with E-state index in [1.807, 2.05) is 38.2 Å². The van der Waals surface area contributed by atoms with Crippen LogP contribution < -0.4 is 5.32 Å². The fourth-order valence-corrected chi connectivity index (χ4v) is 6.45. The molecule has 1 heterocycles. The Morgan fingerprint density at radius 3 is 1.98 bits per heavy atom. The van der Waals surface area contributed by atoms with Gasteiger partial charge in [0.15, 0.2) is 5.78 Å². The highest BCUT2D eigenvalue weighted by atomic mass is 16.5. The number of nitrogens with one attached hydrogen (secondary N) is 1. The number of ether oxygens (including phenoxy) is 1. The molecule has 0 aliphatic heterocycles. The molecule has 1 aromatic heterocycles. The molecule has 0 saturated carbocycles. The highest BCUT2D eigenvalue weighted by Crippen LogP contribution is 2.24. The second-order valence-corrected chi connectivity index (χ2v) is 13.0. The van der Waals surface area contributed by atoms with E-state index in [-0.39, 0.29) is 11.8 Å². The average Bonchev–Trinajstić information content (AvgIpc) is 3.39. The Hall–Kier alpha value is -4.12. The topological polar surface area (TPSA) is 60.3 Å². The van der Waals surface area contributed by atoms with E-state index < -0.39 is 0 Å². The molecule has 3 aromatic carbocycles. The van der Waals surface area contributed by atoms with Crippen LogP contribution >= 0.6 is 0 Å². The number of aromatic nitrogens is 1. The largest absolute Gasteiger partial charge is 0.466 e. The predicted molar refractivity (Wildman–Crippen MR) is 194 cm³/mol. The van der Waals surface area contributed by atoms with Gasteiger partial charge in [-0.1, -0.05) is 78.7 Å². The van der Waals surface area contributed by atoms with E-state index in [0.29, 0.717) is 30.9 Å². The minimum Gasteiger partial charge on any atom is -0.466 e. The molecule has 0 aliphatic rings. The van der Waals surface area contributed by atoms with Gasteiger partial charge in [0, 0.05) is 48.2 Å². The van der Waals surface area contributed by atoms with Gasteiger partial charge in [-0.25, -0.2) is 0 Å². The fraction of sp³-hybridized carbons (Fsp3) is 0.429. The summed E-state index contributed by atoms with van der Waals surface area (Å²) >= 11 is 0. The van der Waals surface area contributed by atoms with Crippen molar-refractivity contribution in [1.82, 2.24) is 4.57 Å². The highest BCUT2D eigenvalue weighted by molar-refractivity contribution is 6.10. The fourth-order valence-electron chi connectivity index (χ4n) is 6.45. The van der Waals surface area contributed by atoms with Gasteiger partial charge in [0.25, 0.3) is 0 Å². The number of hydrogen-bond donors (Lipinski definition) is 1. The number of esters is 1. The first kappa shape index (κ1) is 35.7. The summed E-state index contributed by atoms with van der Waals surface area (Å²) in [5.41, 5.74) is 9.96. The zero-order valence-electron chi connectivity index (χ0n) is 29.2. The van der Waals surface area contributed by atoms with Crippen molar-refractivity contribution in [2.45, 2.75) is 91.9 Å². The van der Waals surface area contributed by atoms with Crippen LogP contribution in [0.25, 0.3) is 0 Å². The second-order valence-electron chi connectivity index (χ2n) is 13.0. The SMILES string of the molecule is CCOC(=O)CCCc1cc(C(=O)c2cccc(NCC(CCCc3ccc(C)cc3)CCCc3ccc(C)cc3)c2)c(CC)n1C. The van der Waals surface area contributed by atoms with Crippen LogP contribution in [0.1, 0.15) is 102 Å². The molecule has 0 unspecified atom stereocenters. The molecule has 5 nitrogen and oxygen atoms in total. The lowest BCUT2D eigenvalue weighted by Gasteiger charge is -2.19. The van der Waals surface area contributed by atoms with Crippen molar-refractivity contribution in [2.24, 2.45) is 13.0 Å². The summed E-state index contributed by atoms with van der Waals surface area (Å²) in [5.74, 6) is 0.423. The normalized spacial score (nSPS) is 11.2. The molecule has 0 aliphatic carbocycles. The van der Waals surface area contributed by atoms with Crippen LogP contribution in [-0.4, -0.2) is 29.5 Å². The first-order valence-electron chi connectivity index (χ1n) is 17.6. The molecule has 1 N–H and O–H groups in total. The summed E-state index contributed by atoms with van der Waals surface area (Å²) in [4.78, 5) is 25.6. The number of ketones is 1. The minimum atomic E-state index is -0.169. The van der Waals surface area contributed by atoms with Crippen molar-refractivity contribution in [3.05, 3.63) is 124 Å². The molecule has 0 atom stereocenters. The first-order valence-corrected chi connectivity index (χ1v) is 17.6. The summed E-state index contributed by atoms with van der Waals surface area (Å²) < 4.78 is 7.20. The molecule has 0 bridgehead atoms. The molecule has 0 spiro atoms. The molecule has 0 fully saturated rings. The number of rotatable bonds is 19. The Morgan fingerprint density at radius 1 is 0.787 bits per heavy atom. The maximum absolute atomic E-state index is 13.8. The van der Waals surface area contributed by atoms with Crippen molar-refractivity contribution in [3.63, 3.8) is 0 Å². The number of carbonyl (C=O) groups excluding carboxylic acids is 2. The molecular weight excluding hydrogens is 580 g/mol. The van der Waals surface area contributed by atoms with Gasteiger partial charge in [0.2, 0.25) is 0 Å². The highest BCUT2D eigenvalue weighted by Gasteiger charge is 2.20. The van der Waals surface area contributed by atoms with Crippen LogP contribution in [0.15, 0.2) is 78.9 Å². The number of nitrogens with zero attached hydrogens (tertiary/aromatic N) is 1. The maximum Gasteiger partial charge on any atom is 0.305 e. The van der Waals surface area contributed by atoms with Crippen LogP contribution in [0, 0.1) is 19.8 Å². The standard InChI is InChI=1S/C42H54N2O3/c1-6-40-39(29-38(44(40)5)18-11-19-41(45)47-7-2)42(46)36-16-10-17-37(28-36)43-30-35(14-8-12-33-24-20-31(3)21-25-33)15-9-13-34-26-22-32(4)23-27-34/h10,16-17,20-29,35,43H,6-9,11-15,18-19,30H2,1-5H3. The van der Waals surface area contributed by atoms with Crippen molar-refractivity contribution in [2.75, 3.05) is 18.5 Å². The lowest BCUT2D eigenvalue weighted by atomic mass is 9.93. The van der Waals surface area contributed by atoms with E-state index in [4.69, 9.17) is 4.74 Å². The van der Waals surface area contributed by atoms with Crippen LogP contribution in [0.3, 0.4) is 0 Å². The third-order valence-electron chi connectivity index (χ3n) is 9.27. The number of hydrogen-bond acceptors (Lipinski definition) is 4. The van der Waals surface area contributed by atoms with E-state index >= 15 is 0 Å². The van der Waals surface area contributed by atoms with Gasteiger partial charge < -0.3 is 14.6 Å². The second kappa shape index (κ2) is 18.3. The van der Waals surface area contributed by atoms with Gasteiger partial charge in [-0.15, -0.1) is 0 Å². The van der Waals surface area contributed by atoms with Crippen LogP contribution in [0.5, 0.6) is 0 Å². The van der Waals surface area contributed by atoms with Gasteiger partial charge in [-0.05, 0) is 114 Å². The molecule has 5 heteroatoms. The van der Waals surface area contributed by atoms with E-state index in [1.165, 1.54) is 22.3 Å². The van der Waals surface area contributed by atoms with Gasteiger partial charge >= 0.3 is 5.97 Å². The van der Waals surface area contributed by atoms with E-state index in [1.54, 1.807) is 0 Å². The van der Waals surface area contributed by atoms with E-state index in [9.17, 15) is 9.59 Å². The quantitative estimate of drug-likeness (QED) is 0.0825. The van der Waals surface area contributed by atoms with E-state index in [0.717, 1.165) is 80.6 Å². The lowest BCUT2D eigenvalue weighted by molar-refractivity contribution is -0.143. The van der Waals surface area contributed by atoms with Gasteiger partial charge in [0.05, 0.1) is 6.61 Å². The summed E-state index contributed by atoms with van der Waals surface area (Å²) in [6.07, 6.45) is 9.42. The Labute approximate surface area is 282 Å². The van der Waals surface area contributed by atoms with Crippen molar-refractivity contribution in [1.29, 1.82) is 0 Å². The summed E-state index contributed by atoms with van der Waals surface area (Å²) in [6, 6.07) is 27.8. The van der Waals surface area contributed by atoms with Gasteiger partial charge in [0.1, 0.15) is 0 Å². The first-order chi connectivity index (χ1) is 22.8. The Bertz CT molecular complexity index is 1520. The Balaban J connectivity index is 1.39. The molecule has 47 heavy (non-hydrogen) atoms. The van der Waals surface area contributed by atoms with Crippen LogP contribution in [0.2, 0.25) is 0 Å². The summed E-state index contributed by atoms with van der Waals surface area (Å²) in [6.45, 7) is 9.47. The maximum atomic E-state index is 13.8. The predicted octanol–water partition coefficient (Wildman–Crippen LogP) is 9.40. The van der Waals surface area contributed by atoms with Gasteiger partial charge in [-0.2, -0.15) is 0 Å². The number of anilines is 1. The summed E-state index contributed by atoms with van der Waals surface area (Å²) in [5, 5.41) is 3.70. The smallest absolute Gasteiger partial charge is 0.305 e. The Morgan fingerprint density at radius 2 is 1.40 bits per heavy atom. The van der Waals surface area contributed by atoms with E-state index in [2.05, 4.69) is 85.3 Å². The average molecular weight is 635 g/mol. The Kier molecular flexibility index (Phi) is 13.9. The number of benzene rings is 3. The third-order valence-corrected chi connectivity index (χ3v) is 9.27. The van der Waals surface area contributed by atoms with Crippen molar-refractivity contribution < 1.29 is 14.3 Å². The molecule has 0 radical (unpaired) electrons. The van der Waals surface area contributed by atoms with Crippen molar-refractivity contribution in [3.8, 4) is 0 Å². The van der Waals surface area contributed by atoms with Crippen LogP contribution in [0.4, 0.5) is 5.69 Å². The minimum absolute atomic E-state index is 0.0467. The molecule has 250 valence electrons. The monoisotopic (exact) mass is 634 g/mol. The molecule has 4 aromatic rings. The zero-order valence-corrected chi connectivity index (χ0v) is 29.2.